The van der Waals surface area contributed by atoms with Crippen LogP contribution in [-0.2, 0) is 14.8 Å². The number of anilines is 1. The van der Waals surface area contributed by atoms with Crippen molar-refractivity contribution in [1.29, 1.82) is 0 Å². The zero-order valence-electron chi connectivity index (χ0n) is 20.8. The summed E-state index contributed by atoms with van der Waals surface area (Å²) in [5.74, 6) is -0.0496. The van der Waals surface area contributed by atoms with Crippen molar-refractivity contribution >= 4 is 27.1 Å². The zero-order chi connectivity index (χ0) is 26.4. The molecule has 10 nitrogen and oxygen atoms in total. The fraction of sp³-hybridized carbons (Fsp3) is 0.360. The molecule has 0 bridgehead atoms. The molecule has 37 heavy (non-hydrogen) atoms. The third kappa shape index (κ3) is 5.17. The SMILES string of the molecule is CC(C)(C)NS(=O)(=O)c1ccc(-c2nc(-c3ccc(F)nc3)c3nc(N)n(C4CCCCO4)c3n2)cc1. The molecule has 12 heteroatoms. The summed E-state index contributed by atoms with van der Waals surface area (Å²) in [7, 11) is -3.71. The number of aromatic nitrogens is 5. The third-order valence-electron chi connectivity index (χ3n) is 5.87. The van der Waals surface area contributed by atoms with Gasteiger partial charge in [-0.05, 0) is 76.4 Å². The Labute approximate surface area is 214 Å². The maximum Gasteiger partial charge on any atom is 0.241 e. The first-order valence-corrected chi connectivity index (χ1v) is 13.4. The number of nitrogens with two attached hydrogens (primary N) is 1. The van der Waals surface area contributed by atoms with E-state index in [4.69, 9.17) is 20.4 Å². The van der Waals surface area contributed by atoms with Gasteiger partial charge in [-0.3, -0.25) is 4.57 Å². The Hall–Kier alpha value is -3.48. The number of nitrogens with one attached hydrogen (secondary N) is 1. The van der Waals surface area contributed by atoms with Gasteiger partial charge in [0.1, 0.15) is 17.4 Å². The lowest BCUT2D eigenvalue weighted by molar-refractivity contribution is -0.0284. The Balaban J connectivity index is 1.65. The van der Waals surface area contributed by atoms with Crippen LogP contribution in [0.1, 0.15) is 46.3 Å². The predicted octanol–water partition coefficient (Wildman–Crippen LogP) is 4.05. The highest BCUT2D eigenvalue weighted by molar-refractivity contribution is 7.89. The molecule has 0 saturated carbocycles. The summed E-state index contributed by atoms with van der Waals surface area (Å²) in [6.45, 7) is 5.94. The molecule has 0 amide bonds. The molecule has 0 spiro atoms. The van der Waals surface area contributed by atoms with Crippen LogP contribution in [0.2, 0.25) is 0 Å². The summed E-state index contributed by atoms with van der Waals surface area (Å²) in [6, 6.07) is 9.11. The first kappa shape index (κ1) is 25.2. The molecule has 1 aliphatic rings. The van der Waals surface area contributed by atoms with Gasteiger partial charge in [-0.2, -0.15) is 4.39 Å². The van der Waals surface area contributed by atoms with E-state index in [0.717, 1.165) is 19.3 Å². The maximum atomic E-state index is 13.6. The van der Waals surface area contributed by atoms with E-state index in [2.05, 4.69) is 14.7 Å². The second-order valence-corrected chi connectivity index (χ2v) is 11.7. The molecule has 0 aliphatic carbocycles. The summed E-state index contributed by atoms with van der Waals surface area (Å²) < 4.78 is 49.4. The van der Waals surface area contributed by atoms with E-state index in [9.17, 15) is 12.8 Å². The smallest absolute Gasteiger partial charge is 0.241 e. The Bertz CT molecular complexity index is 1540. The van der Waals surface area contributed by atoms with Crippen molar-refractivity contribution in [1.82, 2.24) is 29.2 Å². The van der Waals surface area contributed by atoms with Gasteiger partial charge >= 0.3 is 0 Å². The van der Waals surface area contributed by atoms with Crippen LogP contribution < -0.4 is 10.5 Å². The highest BCUT2D eigenvalue weighted by atomic mass is 32.2. The number of benzene rings is 1. The monoisotopic (exact) mass is 525 g/mol. The van der Waals surface area contributed by atoms with Crippen LogP contribution in [0.25, 0.3) is 33.8 Å². The maximum absolute atomic E-state index is 13.6. The minimum Gasteiger partial charge on any atom is -0.369 e. The Morgan fingerprint density at radius 3 is 2.41 bits per heavy atom. The number of halogens is 1. The number of pyridine rings is 1. The fourth-order valence-electron chi connectivity index (χ4n) is 4.29. The number of hydrogen-bond acceptors (Lipinski definition) is 8. The molecule has 194 valence electrons. The molecular weight excluding hydrogens is 497 g/mol. The molecule has 1 fully saturated rings. The second kappa shape index (κ2) is 9.43. The number of nitrogens with zero attached hydrogens (tertiary/aromatic N) is 5. The topological polar surface area (TPSA) is 138 Å². The van der Waals surface area contributed by atoms with E-state index in [1.807, 2.05) is 0 Å². The molecule has 1 atom stereocenters. The van der Waals surface area contributed by atoms with Gasteiger partial charge in [0.2, 0.25) is 21.9 Å². The lowest BCUT2D eigenvalue weighted by Gasteiger charge is -2.24. The average molecular weight is 526 g/mol. The number of sulfonamides is 1. The highest BCUT2D eigenvalue weighted by Gasteiger charge is 2.26. The highest BCUT2D eigenvalue weighted by Crippen LogP contribution is 2.34. The Kier molecular flexibility index (Phi) is 6.42. The van der Waals surface area contributed by atoms with Crippen molar-refractivity contribution in [3.63, 3.8) is 0 Å². The van der Waals surface area contributed by atoms with Gasteiger partial charge in [-0.25, -0.2) is 33.1 Å². The standard InChI is InChI=1S/C25H28FN7O3S/c1-25(2,3)32-37(34,35)17-10-7-15(8-11-17)22-29-20(16-9-12-18(26)28-14-16)21-23(31-22)33(24(27)30-21)19-6-4-5-13-36-19/h7-12,14,19,32H,4-6,13H2,1-3H3,(H2,27,30). The van der Waals surface area contributed by atoms with Gasteiger partial charge in [-0.15, -0.1) is 0 Å². The molecule has 3 N–H and O–H groups in total. The summed E-state index contributed by atoms with van der Waals surface area (Å²) >= 11 is 0. The van der Waals surface area contributed by atoms with Gasteiger partial charge in [-0.1, -0.05) is 0 Å². The van der Waals surface area contributed by atoms with Crippen LogP contribution in [-0.4, -0.2) is 45.1 Å². The number of hydrogen-bond donors (Lipinski definition) is 2. The Morgan fingerprint density at radius 1 is 1.05 bits per heavy atom. The fourth-order valence-corrected chi connectivity index (χ4v) is 5.71. The molecule has 4 heterocycles. The zero-order valence-corrected chi connectivity index (χ0v) is 21.6. The van der Waals surface area contributed by atoms with Gasteiger partial charge in [0.05, 0.1) is 4.90 Å². The average Bonchev–Trinajstić information content (AvgIpc) is 3.19. The first-order valence-electron chi connectivity index (χ1n) is 12.0. The van der Waals surface area contributed by atoms with Gasteiger partial charge < -0.3 is 10.5 Å². The van der Waals surface area contributed by atoms with Crippen molar-refractivity contribution in [3.8, 4) is 22.6 Å². The van der Waals surface area contributed by atoms with Crippen LogP contribution >= 0.6 is 0 Å². The summed E-state index contributed by atoms with van der Waals surface area (Å²) in [5.41, 5.74) is 8.17. The number of nitrogen functional groups attached to an aromatic ring is 1. The predicted molar refractivity (Wildman–Crippen MR) is 137 cm³/mol. The van der Waals surface area contributed by atoms with E-state index < -0.39 is 21.5 Å². The summed E-state index contributed by atoms with van der Waals surface area (Å²) in [5, 5.41) is 0. The van der Waals surface area contributed by atoms with Gasteiger partial charge in [0.15, 0.2) is 11.5 Å². The second-order valence-electron chi connectivity index (χ2n) is 9.98. The van der Waals surface area contributed by atoms with Crippen molar-refractivity contribution in [2.45, 2.75) is 56.7 Å². The quantitative estimate of drug-likeness (QED) is 0.372. The van der Waals surface area contributed by atoms with Crippen molar-refractivity contribution in [2.75, 3.05) is 12.3 Å². The van der Waals surface area contributed by atoms with E-state index in [1.165, 1.54) is 24.4 Å². The van der Waals surface area contributed by atoms with E-state index in [-0.39, 0.29) is 17.1 Å². The number of imidazole rings is 1. The molecule has 3 aromatic heterocycles. The lowest BCUT2D eigenvalue weighted by atomic mass is 10.1. The van der Waals surface area contributed by atoms with Crippen LogP contribution in [0.4, 0.5) is 10.3 Å². The largest absolute Gasteiger partial charge is 0.369 e. The normalized spacial score (nSPS) is 16.8. The van der Waals surface area contributed by atoms with Gasteiger partial charge in [0.25, 0.3) is 0 Å². The molecule has 1 saturated heterocycles. The minimum atomic E-state index is -3.71. The molecular formula is C25H28FN7O3S. The van der Waals surface area contributed by atoms with Crippen LogP contribution in [0, 0.1) is 5.95 Å². The molecule has 4 aromatic rings. The molecule has 1 aliphatic heterocycles. The molecule has 0 radical (unpaired) electrons. The van der Waals surface area contributed by atoms with E-state index >= 15 is 0 Å². The minimum absolute atomic E-state index is 0.125. The van der Waals surface area contributed by atoms with Crippen LogP contribution in [0.3, 0.4) is 0 Å². The van der Waals surface area contributed by atoms with Gasteiger partial charge in [0, 0.05) is 29.5 Å². The number of ether oxygens (including phenoxy) is 1. The van der Waals surface area contributed by atoms with Crippen LogP contribution in [0.15, 0.2) is 47.5 Å². The van der Waals surface area contributed by atoms with Crippen molar-refractivity contribution in [3.05, 3.63) is 48.5 Å². The molecule has 5 rings (SSSR count). The summed E-state index contributed by atoms with van der Waals surface area (Å²) in [4.78, 5) is 17.9. The van der Waals surface area contributed by atoms with E-state index in [0.29, 0.717) is 40.4 Å². The molecule has 1 unspecified atom stereocenters. The van der Waals surface area contributed by atoms with Crippen molar-refractivity contribution < 1.29 is 17.5 Å². The van der Waals surface area contributed by atoms with E-state index in [1.54, 1.807) is 43.5 Å². The van der Waals surface area contributed by atoms with Crippen LogP contribution in [0.5, 0.6) is 0 Å². The lowest BCUT2D eigenvalue weighted by Crippen LogP contribution is -2.40. The van der Waals surface area contributed by atoms with Crippen molar-refractivity contribution in [2.24, 2.45) is 0 Å². The Morgan fingerprint density at radius 2 is 1.78 bits per heavy atom. The summed E-state index contributed by atoms with van der Waals surface area (Å²) in [6.07, 6.45) is 3.76. The third-order valence-corrected chi connectivity index (χ3v) is 7.65. The number of rotatable bonds is 5. The first-order chi connectivity index (χ1) is 17.5. The molecule has 1 aromatic carbocycles. The number of fused-ring (bicyclic) bond motifs is 1.